The number of rotatable bonds is 6. The standard InChI is InChI=1S/C18H20F3NO/c1-2-16(13-8-4-3-5-9-13)22-12-17(23)14-10-6-7-11-15(14)18(19,20)21/h3-11,16-17,22-23H,2,12H2,1H3/t16-,17?/m1/s1. The number of halogens is 3. The van der Waals surface area contributed by atoms with Crippen LogP contribution in [0, 0.1) is 0 Å². The Morgan fingerprint density at radius 3 is 2.22 bits per heavy atom. The van der Waals surface area contributed by atoms with Crippen molar-refractivity contribution in [3.05, 3.63) is 71.3 Å². The van der Waals surface area contributed by atoms with Crippen LogP contribution < -0.4 is 5.32 Å². The Kier molecular flexibility index (Phi) is 5.80. The summed E-state index contributed by atoms with van der Waals surface area (Å²) in [5.41, 5.74) is 0.156. The highest BCUT2D eigenvalue weighted by Crippen LogP contribution is 2.34. The van der Waals surface area contributed by atoms with Gasteiger partial charge in [0.05, 0.1) is 11.7 Å². The second kappa shape index (κ2) is 7.62. The van der Waals surface area contributed by atoms with E-state index in [1.165, 1.54) is 18.2 Å². The lowest BCUT2D eigenvalue weighted by Crippen LogP contribution is -2.27. The largest absolute Gasteiger partial charge is 0.416 e. The van der Waals surface area contributed by atoms with Crippen molar-refractivity contribution in [2.24, 2.45) is 0 Å². The van der Waals surface area contributed by atoms with Gasteiger partial charge in [-0.05, 0) is 23.6 Å². The van der Waals surface area contributed by atoms with E-state index in [-0.39, 0.29) is 18.2 Å². The molecule has 0 aliphatic rings. The van der Waals surface area contributed by atoms with E-state index in [0.29, 0.717) is 0 Å². The van der Waals surface area contributed by atoms with Gasteiger partial charge in [0.15, 0.2) is 0 Å². The summed E-state index contributed by atoms with van der Waals surface area (Å²) in [5, 5.41) is 13.3. The Morgan fingerprint density at radius 1 is 1.00 bits per heavy atom. The van der Waals surface area contributed by atoms with Crippen LogP contribution in [0.25, 0.3) is 0 Å². The van der Waals surface area contributed by atoms with Gasteiger partial charge in [-0.3, -0.25) is 0 Å². The first kappa shape index (κ1) is 17.5. The maximum atomic E-state index is 13.0. The van der Waals surface area contributed by atoms with Crippen LogP contribution in [-0.2, 0) is 6.18 Å². The molecule has 0 bridgehead atoms. The maximum absolute atomic E-state index is 13.0. The van der Waals surface area contributed by atoms with Crippen LogP contribution in [0.1, 0.15) is 42.2 Å². The third-order valence-electron chi connectivity index (χ3n) is 3.79. The van der Waals surface area contributed by atoms with Gasteiger partial charge in [-0.15, -0.1) is 0 Å². The molecule has 2 atom stereocenters. The quantitative estimate of drug-likeness (QED) is 0.821. The van der Waals surface area contributed by atoms with Crippen LogP contribution in [0.4, 0.5) is 13.2 Å². The van der Waals surface area contributed by atoms with Crippen molar-refractivity contribution in [2.75, 3.05) is 6.54 Å². The molecule has 2 N–H and O–H groups in total. The Hall–Kier alpha value is -1.85. The number of nitrogens with one attached hydrogen (secondary N) is 1. The molecule has 0 saturated heterocycles. The minimum Gasteiger partial charge on any atom is -0.387 e. The molecule has 2 aromatic carbocycles. The smallest absolute Gasteiger partial charge is 0.387 e. The van der Waals surface area contributed by atoms with E-state index in [1.54, 1.807) is 0 Å². The zero-order valence-electron chi connectivity index (χ0n) is 12.8. The molecule has 2 aromatic rings. The van der Waals surface area contributed by atoms with E-state index in [0.717, 1.165) is 18.1 Å². The molecule has 124 valence electrons. The lowest BCUT2D eigenvalue weighted by Gasteiger charge is -2.22. The monoisotopic (exact) mass is 323 g/mol. The first-order chi connectivity index (χ1) is 10.9. The van der Waals surface area contributed by atoms with Crippen molar-refractivity contribution in [3.8, 4) is 0 Å². The summed E-state index contributed by atoms with van der Waals surface area (Å²) in [4.78, 5) is 0. The predicted octanol–water partition coefficient (Wildman–Crippen LogP) is 4.48. The summed E-state index contributed by atoms with van der Waals surface area (Å²) in [6.45, 7) is 2.04. The molecular formula is C18H20F3NO. The number of aliphatic hydroxyl groups is 1. The van der Waals surface area contributed by atoms with Gasteiger partial charge in [-0.1, -0.05) is 55.5 Å². The van der Waals surface area contributed by atoms with Gasteiger partial charge in [0.1, 0.15) is 0 Å². The molecule has 23 heavy (non-hydrogen) atoms. The molecule has 2 rings (SSSR count). The van der Waals surface area contributed by atoms with Crippen LogP contribution in [-0.4, -0.2) is 11.7 Å². The molecule has 0 radical (unpaired) electrons. The van der Waals surface area contributed by atoms with E-state index >= 15 is 0 Å². The van der Waals surface area contributed by atoms with E-state index in [9.17, 15) is 18.3 Å². The summed E-state index contributed by atoms with van der Waals surface area (Å²) in [6, 6.07) is 14.8. The fourth-order valence-corrected chi connectivity index (χ4v) is 2.59. The van der Waals surface area contributed by atoms with Crippen LogP contribution in [0.2, 0.25) is 0 Å². The molecule has 0 aliphatic carbocycles. The van der Waals surface area contributed by atoms with Crippen molar-refractivity contribution in [1.29, 1.82) is 0 Å². The SMILES string of the molecule is CC[C@@H](NCC(O)c1ccccc1C(F)(F)F)c1ccccc1. The molecule has 0 aromatic heterocycles. The van der Waals surface area contributed by atoms with Crippen molar-refractivity contribution < 1.29 is 18.3 Å². The van der Waals surface area contributed by atoms with Gasteiger partial charge in [0.25, 0.3) is 0 Å². The summed E-state index contributed by atoms with van der Waals surface area (Å²) in [6.07, 6.45) is -4.91. The Bertz CT molecular complexity index is 613. The topological polar surface area (TPSA) is 32.3 Å². The van der Waals surface area contributed by atoms with E-state index in [4.69, 9.17) is 0 Å². The average Bonchev–Trinajstić information content (AvgIpc) is 2.55. The maximum Gasteiger partial charge on any atom is 0.416 e. The molecule has 0 spiro atoms. The van der Waals surface area contributed by atoms with Crippen LogP contribution in [0.5, 0.6) is 0 Å². The normalized spacial score (nSPS) is 14.5. The van der Waals surface area contributed by atoms with Crippen molar-refractivity contribution in [2.45, 2.75) is 31.7 Å². The molecule has 2 nitrogen and oxygen atoms in total. The second-order valence-corrected chi connectivity index (χ2v) is 5.38. The highest BCUT2D eigenvalue weighted by Gasteiger charge is 2.34. The number of aliphatic hydroxyl groups excluding tert-OH is 1. The summed E-state index contributed by atoms with van der Waals surface area (Å²) in [7, 11) is 0. The highest BCUT2D eigenvalue weighted by molar-refractivity contribution is 5.31. The summed E-state index contributed by atoms with van der Waals surface area (Å²) in [5.74, 6) is 0. The molecular weight excluding hydrogens is 303 g/mol. The Morgan fingerprint density at radius 2 is 1.61 bits per heavy atom. The van der Waals surface area contributed by atoms with Crippen LogP contribution in [0.3, 0.4) is 0 Å². The summed E-state index contributed by atoms with van der Waals surface area (Å²) < 4.78 is 39.0. The minimum absolute atomic E-state index is 0.0103. The lowest BCUT2D eigenvalue weighted by molar-refractivity contribution is -0.139. The lowest BCUT2D eigenvalue weighted by atomic mass is 10.0. The van der Waals surface area contributed by atoms with Gasteiger partial charge < -0.3 is 10.4 Å². The molecule has 0 fully saturated rings. The second-order valence-electron chi connectivity index (χ2n) is 5.38. The third-order valence-corrected chi connectivity index (χ3v) is 3.79. The molecule has 0 heterocycles. The molecule has 0 aliphatic heterocycles. The van der Waals surface area contributed by atoms with Gasteiger partial charge >= 0.3 is 6.18 Å². The molecule has 0 saturated carbocycles. The molecule has 1 unspecified atom stereocenters. The van der Waals surface area contributed by atoms with E-state index in [2.05, 4.69) is 5.32 Å². The Balaban J connectivity index is 2.09. The van der Waals surface area contributed by atoms with Gasteiger partial charge in [0.2, 0.25) is 0 Å². The molecule has 0 amide bonds. The fraction of sp³-hybridized carbons (Fsp3) is 0.333. The zero-order chi connectivity index (χ0) is 16.9. The highest BCUT2D eigenvalue weighted by atomic mass is 19.4. The zero-order valence-corrected chi connectivity index (χ0v) is 12.8. The van der Waals surface area contributed by atoms with Gasteiger partial charge in [-0.2, -0.15) is 13.2 Å². The van der Waals surface area contributed by atoms with Gasteiger partial charge in [0, 0.05) is 12.6 Å². The number of hydrogen-bond acceptors (Lipinski definition) is 2. The first-order valence-electron chi connectivity index (χ1n) is 7.56. The van der Waals surface area contributed by atoms with E-state index in [1.807, 2.05) is 37.3 Å². The number of hydrogen-bond donors (Lipinski definition) is 2. The average molecular weight is 323 g/mol. The van der Waals surface area contributed by atoms with Crippen LogP contribution >= 0.6 is 0 Å². The third kappa shape index (κ3) is 4.56. The van der Waals surface area contributed by atoms with E-state index < -0.39 is 17.8 Å². The molecule has 5 heteroatoms. The number of alkyl halides is 3. The summed E-state index contributed by atoms with van der Waals surface area (Å²) >= 11 is 0. The Labute approximate surface area is 134 Å². The van der Waals surface area contributed by atoms with Gasteiger partial charge in [-0.25, -0.2) is 0 Å². The fourth-order valence-electron chi connectivity index (χ4n) is 2.59. The number of benzene rings is 2. The van der Waals surface area contributed by atoms with Crippen molar-refractivity contribution in [3.63, 3.8) is 0 Å². The minimum atomic E-state index is -4.47. The first-order valence-corrected chi connectivity index (χ1v) is 7.56. The van der Waals surface area contributed by atoms with Crippen molar-refractivity contribution in [1.82, 2.24) is 5.32 Å². The van der Waals surface area contributed by atoms with Crippen molar-refractivity contribution >= 4 is 0 Å². The van der Waals surface area contributed by atoms with Crippen LogP contribution in [0.15, 0.2) is 54.6 Å². The predicted molar refractivity (Wildman–Crippen MR) is 83.9 cm³/mol.